The largest absolute Gasteiger partial charge is 0.688 e. The molecule has 0 rings (SSSR count). The third-order valence-corrected chi connectivity index (χ3v) is 4.25. The van der Waals surface area contributed by atoms with Crippen molar-refractivity contribution < 1.29 is 37.1 Å². The fourth-order valence-electron chi connectivity index (χ4n) is 0.981. The van der Waals surface area contributed by atoms with Gasteiger partial charge in [0.15, 0.2) is 0 Å². The summed E-state index contributed by atoms with van der Waals surface area (Å²) in [5.74, 6) is 0. The standard InChI is InChI=1S/C8H19O4PS2.Zn/c1-3-5-6-7-8-11-13(9,10-4-2)12-15-14;/h14H,3-8H2,1-2H3;/p-1. The molecule has 0 aliphatic carbocycles. The molecule has 0 aromatic heterocycles. The molecule has 1 unspecified atom stereocenters. The van der Waals surface area contributed by atoms with Crippen LogP contribution in [0.3, 0.4) is 0 Å². The summed E-state index contributed by atoms with van der Waals surface area (Å²) in [6, 6.07) is 0. The predicted octanol–water partition coefficient (Wildman–Crippen LogP) is 3.85. The van der Waals surface area contributed by atoms with Crippen molar-refractivity contribution in [1.29, 1.82) is 0 Å². The van der Waals surface area contributed by atoms with E-state index in [1.54, 1.807) is 6.92 Å². The van der Waals surface area contributed by atoms with Crippen LogP contribution in [0.25, 0.3) is 0 Å². The van der Waals surface area contributed by atoms with Crippen LogP contribution in [-0.2, 0) is 48.7 Å². The Hall–Kier alpha value is 1.43. The van der Waals surface area contributed by atoms with Crippen LogP contribution in [0.1, 0.15) is 39.5 Å². The molecule has 0 aliphatic heterocycles. The van der Waals surface area contributed by atoms with Crippen LogP contribution >= 0.6 is 18.9 Å². The summed E-state index contributed by atoms with van der Waals surface area (Å²) in [5, 5.41) is 0. The fourth-order valence-corrected chi connectivity index (χ4v) is 3.04. The number of unbranched alkanes of at least 4 members (excludes halogenated alkanes) is 3. The maximum atomic E-state index is 11.7. The number of hydrogen-bond acceptors (Lipinski definition) is 6. The molecule has 0 aromatic rings. The Morgan fingerprint density at radius 3 is 2.38 bits per heavy atom. The Bertz CT molecular complexity index is 187. The molecular weight excluding hydrogens is 321 g/mol. The van der Waals surface area contributed by atoms with Gasteiger partial charge < -0.3 is 11.7 Å². The first-order valence-electron chi connectivity index (χ1n) is 5.06. The smallest absolute Gasteiger partial charge is 0.484 e. The zero-order chi connectivity index (χ0) is 11.6. The topological polar surface area (TPSA) is 44.8 Å². The van der Waals surface area contributed by atoms with Crippen LogP contribution in [0, 0.1) is 0 Å². The predicted molar refractivity (Wildman–Crippen MR) is 65.4 cm³/mol. The van der Waals surface area contributed by atoms with Crippen LogP contribution in [0.15, 0.2) is 0 Å². The van der Waals surface area contributed by atoms with Crippen LogP contribution in [0.5, 0.6) is 0 Å². The van der Waals surface area contributed by atoms with Crippen LogP contribution < -0.4 is 0 Å². The molecule has 0 fully saturated rings. The molecule has 0 saturated heterocycles. The molecule has 94 valence electrons. The molecule has 0 radical (unpaired) electrons. The minimum Gasteiger partial charge on any atom is -0.688 e. The summed E-state index contributed by atoms with van der Waals surface area (Å²) >= 11 is 5.08. The van der Waals surface area contributed by atoms with Gasteiger partial charge in [-0.15, -0.1) is 0 Å². The first-order valence-corrected chi connectivity index (χ1v) is 8.18. The van der Waals surface area contributed by atoms with Crippen molar-refractivity contribution in [3.05, 3.63) is 0 Å². The van der Waals surface area contributed by atoms with Crippen molar-refractivity contribution in [3.63, 3.8) is 0 Å². The summed E-state index contributed by atoms with van der Waals surface area (Å²) in [6.07, 6.45) is 4.22. The average molecular weight is 339 g/mol. The van der Waals surface area contributed by atoms with E-state index in [2.05, 4.69) is 18.6 Å². The molecule has 0 spiro atoms. The van der Waals surface area contributed by atoms with Gasteiger partial charge in [0.2, 0.25) is 0 Å². The number of phosphoric ester groups is 1. The SMILES string of the molecule is CCCCCCOP(=O)(OCC)OS[S-].[Zn]. The third kappa shape index (κ3) is 10.6. The molecule has 4 nitrogen and oxygen atoms in total. The molecule has 0 amide bonds. The van der Waals surface area contributed by atoms with E-state index in [1.165, 1.54) is 0 Å². The second kappa shape index (κ2) is 12.9. The molecule has 0 heterocycles. The van der Waals surface area contributed by atoms with Gasteiger partial charge in [-0.05, 0) is 13.3 Å². The minimum absolute atomic E-state index is 0. The van der Waals surface area contributed by atoms with Crippen molar-refractivity contribution in [2.75, 3.05) is 13.2 Å². The van der Waals surface area contributed by atoms with E-state index in [4.69, 9.17) is 13.0 Å². The van der Waals surface area contributed by atoms with Crippen LogP contribution in [0.2, 0.25) is 0 Å². The Labute approximate surface area is 120 Å². The van der Waals surface area contributed by atoms with Gasteiger partial charge in [0, 0.05) is 19.5 Å². The van der Waals surface area contributed by atoms with E-state index in [-0.39, 0.29) is 26.1 Å². The Balaban J connectivity index is 0. The molecule has 0 saturated carbocycles. The molecule has 0 aromatic carbocycles. The van der Waals surface area contributed by atoms with Gasteiger partial charge in [-0.3, -0.25) is 9.05 Å². The minimum atomic E-state index is -3.41. The molecule has 0 bridgehead atoms. The average Bonchev–Trinajstić information content (AvgIpc) is 2.18. The first kappa shape index (κ1) is 19.8. The van der Waals surface area contributed by atoms with E-state index in [0.29, 0.717) is 17.7 Å². The number of rotatable bonds is 10. The monoisotopic (exact) mass is 337 g/mol. The zero-order valence-corrected chi connectivity index (χ0v) is 15.3. The van der Waals surface area contributed by atoms with Gasteiger partial charge in [0.1, 0.15) is 0 Å². The number of hydrogen-bond donors (Lipinski definition) is 0. The zero-order valence-electron chi connectivity index (χ0n) is 9.85. The Morgan fingerprint density at radius 2 is 1.88 bits per heavy atom. The van der Waals surface area contributed by atoms with Crippen molar-refractivity contribution >= 4 is 30.6 Å². The second-order valence-corrected chi connectivity index (χ2v) is 5.45. The van der Waals surface area contributed by atoms with Crippen molar-refractivity contribution in [2.45, 2.75) is 39.5 Å². The quantitative estimate of drug-likeness (QED) is 0.150. The fraction of sp³-hybridized carbons (Fsp3) is 1.00. The molecule has 0 aliphatic rings. The Morgan fingerprint density at radius 1 is 1.19 bits per heavy atom. The molecule has 0 N–H and O–H groups in total. The molecule has 8 heteroatoms. The van der Waals surface area contributed by atoms with Crippen LogP contribution in [0.4, 0.5) is 0 Å². The maximum Gasteiger partial charge on any atom is 0.484 e. The number of phosphoric acid groups is 1. The van der Waals surface area contributed by atoms with E-state index in [1.807, 2.05) is 0 Å². The first-order chi connectivity index (χ1) is 7.18. The third-order valence-electron chi connectivity index (χ3n) is 1.66. The van der Waals surface area contributed by atoms with E-state index >= 15 is 0 Å². The summed E-state index contributed by atoms with van der Waals surface area (Å²) in [7, 11) is -3.41. The Kier molecular flexibility index (Phi) is 15.9. The van der Waals surface area contributed by atoms with E-state index in [9.17, 15) is 4.57 Å². The van der Waals surface area contributed by atoms with Gasteiger partial charge in [-0.1, -0.05) is 26.2 Å². The van der Waals surface area contributed by atoms with Gasteiger partial charge in [0.05, 0.1) is 13.2 Å². The van der Waals surface area contributed by atoms with Crippen molar-refractivity contribution in [2.24, 2.45) is 0 Å². The van der Waals surface area contributed by atoms with Crippen LogP contribution in [-0.4, -0.2) is 13.2 Å². The van der Waals surface area contributed by atoms with Crippen molar-refractivity contribution in [1.82, 2.24) is 0 Å². The van der Waals surface area contributed by atoms with Gasteiger partial charge in [-0.25, -0.2) is 8.54 Å². The summed E-state index contributed by atoms with van der Waals surface area (Å²) < 4.78 is 26.4. The second-order valence-electron chi connectivity index (χ2n) is 2.90. The van der Waals surface area contributed by atoms with Gasteiger partial charge >= 0.3 is 7.82 Å². The summed E-state index contributed by atoms with van der Waals surface area (Å²) in [5.41, 5.74) is 0. The van der Waals surface area contributed by atoms with E-state index < -0.39 is 7.82 Å². The van der Waals surface area contributed by atoms with Crippen molar-refractivity contribution in [3.8, 4) is 0 Å². The molecule has 16 heavy (non-hydrogen) atoms. The molecular formula is C8H18O4PS2Zn-. The maximum absolute atomic E-state index is 11.7. The normalized spacial score (nSPS) is 14.2. The van der Waals surface area contributed by atoms with Gasteiger partial charge in [0.25, 0.3) is 0 Å². The summed E-state index contributed by atoms with van der Waals surface area (Å²) in [6.45, 7) is 4.52. The van der Waals surface area contributed by atoms with Gasteiger partial charge in [-0.2, -0.15) is 11.1 Å². The summed E-state index contributed by atoms with van der Waals surface area (Å²) in [4.78, 5) is 0. The van der Waals surface area contributed by atoms with E-state index in [0.717, 1.165) is 25.7 Å². The molecule has 1 atom stereocenters.